The zero-order valence-electron chi connectivity index (χ0n) is 21.8. The molecule has 0 radical (unpaired) electrons. The summed E-state index contributed by atoms with van der Waals surface area (Å²) in [6.45, 7) is 2.81. The number of aromatic nitrogens is 2. The molecule has 3 aromatic rings. The number of carbonyl (C=O) groups excluding carboxylic acids is 2. The van der Waals surface area contributed by atoms with Crippen molar-refractivity contribution in [3.8, 4) is 11.8 Å². The predicted molar refractivity (Wildman–Crippen MR) is 143 cm³/mol. The molecule has 2 amide bonds. The van der Waals surface area contributed by atoms with Gasteiger partial charge in [0.2, 0.25) is 5.91 Å². The Morgan fingerprint density at radius 2 is 1.73 bits per heavy atom. The van der Waals surface area contributed by atoms with Crippen molar-refractivity contribution in [3.63, 3.8) is 0 Å². The van der Waals surface area contributed by atoms with Gasteiger partial charge in [-0.05, 0) is 85.9 Å². The number of hydrogen-bond acceptors (Lipinski definition) is 5. The minimum atomic E-state index is -4.54. The van der Waals surface area contributed by atoms with Gasteiger partial charge in [-0.1, -0.05) is 12.0 Å². The molecular formula is C30H27F3N4O3. The van der Waals surface area contributed by atoms with Crippen LogP contribution in [-0.4, -0.2) is 35.0 Å². The van der Waals surface area contributed by atoms with E-state index in [9.17, 15) is 22.8 Å². The molecule has 0 atom stereocenters. The second-order valence-electron chi connectivity index (χ2n) is 10.0. The van der Waals surface area contributed by atoms with Gasteiger partial charge in [-0.15, -0.1) is 0 Å². The molecule has 1 saturated carbocycles. The smallest absolute Gasteiger partial charge is 0.381 e. The van der Waals surface area contributed by atoms with Crippen LogP contribution in [0.2, 0.25) is 0 Å². The highest BCUT2D eigenvalue weighted by Gasteiger charge is 2.32. The monoisotopic (exact) mass is 548 g/mol. The lowest BCUT2D eigenvalue weighted by Crippen LogP contribution is -2.17. The summed E-state index contributed by atoms with van der Waals surface area (Å²) in [5.74, 6) is 5.60. The fourth-order valence-electron chi connectivity index (χ4n) is 4.42. The number of benzene rings is 2. The zero-order valence-corrected chi connectivity index (χ0v) is 21.8. The van der Waals surface area contributed by atoms with Gasteiger partial charge in [-0.2, -0.15) is 13.2 Å². The SMILES string of the molecule is Cc1ccc(C(=O)Nc2cc(C3CCOCC3)cc(C(F)(F)F)c2)cc1C#Cc1cnc(NC(=O)C2CC2)cn1. The van der Waals surface area contributed by atoms with Gasteiger partial charge in [-0.25, -0.2) is 9.97 Å². The van der Waals surface area contributed by atoms with Crippen molar-refractivity contribution in [3.05, 3.63) is 82.3 Å². The first kappa shape index (κ1) is 27.3. The Hall–Kier alpha value is -4.23. The second-order valence-corrected chi connectivity index (χ2v) is 10.0. The van der Waals surface area contributed by atoms with Crippen molar-refractivity contribution < 1.29 is 27.5 Å². The molecule has 0 bridgehead atoms. The molecule has 1 saturated heterocycles. The van der Waals surface area contributed by atoms with E-state index in [0.717, 1.165) is 30.5 Å². The molecular weight excluding hydrogens is 521 g/mol. The molecule has 206 valence electrons. The van der Waals surface area contributed by atoms with Gasteiger partial charge in [0.25, 0.3) is 5.91 Å². The normalized spacial score (nSPS) is 15.6. The number of nitrogens with zero attached hydrogens (tertiary/aromatic N) is 2. The van der Waals surface area contributed by atoms with Crippen LogP contribution in [0.25, 0.3) is 0 Å². The summed E-state index contributed by atoms with van der Waals surface area (Å²) in [6.07, 6.45) is 1.35. The van der Waals surface area contributed by atoms with Crippen LogP contribution in [0, 0.1) is 24.7 Å². The van der Waals surface area contributed by atoms with Crippen molar-refractivity contribution in [2.75, 3.05) is 23.8 Å². The van der Waals surface area contributed by atoms with E-state index in [1.807, 2.05) is 6.92 Å². The Morgan fingerprint density at radius 1 is 0.950 bits per heavy atom. The first-order valence-electron chi connectivity index (χ1n) is 13.0. The number of carbonyl (C=O) groups is 2. The quantitative estimate of drug-likeness (QED) is 0.399. The van der Waals surface area contributed by atoms with Crippen molar-refractivity contribution in [1.29, 1.82) is 0 Å². The van der Waals surface area contributed by atoms with E-state index in [1.165, 1.54) is 12.4 Å². The van der Waals surface area contributed by atoms with E-state index < -0.39 is 17.6 Å². The average Bonchev–Trinajstić information content (AvgIpc) is 3.79. The Labute approximate surface area is 229 Å². The van der Waals surface area contributed by atoms with E-state index in [1.54, 1.807) is 24.3 Å². The zero-order chi connectivity index (χ0) is 28.3. The highest BCUT2D eigenvalue weighted by atomic mass is 19.4. The largest absolute Gasteiger partial charge is 0.416 e. The fourth-order valence-corrected chi connectivity index (χ4v) is 4.42. The van der Waals surface area contributed by atoms with Gasteiger partial charge in [-0.3, -0.25) is 9.59 Å². The Morgan fingerprint density at radius 3 is 2.40 bits per heavy atom. The topological polar surface area (TPSA) is 93.2 Å². The molecule has 2 aliphatic rings. The maximum atomic E-state index is 13.6. The minimum Gasteiger partial charge on any atom is -0.381 e. The number of nitrogens with one attached hydrogen (secondary N) is 2. The molecule has 5 rings (SSSR count). The lowest BCUT2D eigenvalue weighted by atomic mass is 9.90. The van der Waals surface area contributed by atoms with E-state index in [2.05, 4.69) is 32.4 Å². The number of amides is 2. The van der Waals surface area contributed by atoms with E-state index in [-0.39, 0.29) is 29.0 Å². The summed E-state index contributed by atoms with van der Waals surface area (Å²) in [5.41, 5.74) is 1.81. The third kappa shape index (κ3) is 6.85. The van der Waals surface area contributed by atoms with Gasteiger partial charge in [0.05, 0.1) is 18.0 Å². The minimum absolute atomic E-state index is 0.0522. The van der Waals surface area contributed by atoms with Gasteiger partial charge < -0.3 is 15.4 Å². The highest BCUT2D eigenvalue weighted by Crippen LogP contribution is 2.36. The fraction of sp³-hybridized carbons (Fsp3) is 0.333. The standard InChI is InChI=1S/C30H27F3N4O3/c1-18-2-3-22(12-21(18)6-7-25-16-35-27(17-34-25)37-28(38)20-4-5-20)29(39)36-26-14-23(19-8-10-40-11-9-19)13-24(15-26)30(31,32)33/h2-3,12-17,19-20H,4-5,8-11H2,1H3,(H,36,39)(H,35,37,38). The van der Waals surface area contributed by atoms with Crippen LogP contribution in [0.4, 0.5) is 24.7 Å². The highest BCUT2D eigenvalue weighted by molar-refractivity contribution is 6.04. The van der Waals surface area contributed by atoms with E-state index in [4.69, 9.17) is 4.74 Å². The number of alkyl halides is 3. The van der Waals surface area contributed by atoms with Gasteiger partial charge in [0.1, 0.15) is 5.69 Å². The lowest BCUT2D eigenvalue weighted by molar-refractivity contribution is -0.137. The number of halogens is 3. The predicted octanol–water partition coefficient (Wildman–Crippen LogP) is 5.70. The molecule has 0 spiro atoms. The first-order valence-corrected chi connectivity index (χ1v) is 13.0. The van der Waals surface area contributed by atoms with Crippen LogP contribution < -0.4 is 10.6 Å². The van der Waals surface area contributed by atoms with Crippen LogP contribution in [0.3, 0.4) is 0 Å². The molecule has 7 nitrogen and oxygen atoms in total. The molecule has 10 heteroatoms. The maximum absolute atomic E-state index is 13.6. The van der Waals surface area contributed by atoms with Crippen LogP contribution in [0.15, 0.2) is 48.8 Å². The number of ether oxygens (including phenoxy) is 1. The number of hydrogen-bond donors (Lipinski definition) is 2. The molecule has 2 heterocycles. The third-order valence-corrected chi connectivity index (χ3v) is 6.91. The van der Waals surface area contributed by atoms with Crippen LogP contribution in [0.1, 0.15) is 69.9 Å². The number of anilines is 2. The van der Waals surface area contributed by atoms with Gasteiger partial charge >= 0.3 is 6.18 Å². The third-order valence-electron chi connectivity index (χ3n) is 6.91. The van der Waals surface area contributed by atoms with Crippen LogP contribution in [-0.2, 0) is 15.7 Å². The summed E-state index contributed by atoms with van der Waals surface area (Å²) in [7, 11) is 0. The van der Waals surface area contributed by atoms with Crippen molar-refractivity contribution in [2.24, 2.45) is 5.92 Å². The Balaban J connectivity index is 1.32. The summed E-state index contributed by atoms with van der Waals surface area (Å²) >= 11 is 0. The molecule has 2 N–H and O–H groups in total. The molecule has 40 heavy (non-hydrogen) atoms. The van der Waals surface area contributed by atoms with E-state index >= 15 is 0 Å². The van der Waals surface area contributed by atoms with Crippen molar-refractivity contribution >= 4 is 23.3 Å². The summed E-state index contributed by atoms with van der Waals surface area (Å²) < 4.78 is 46.2. The van der Waals surface area contributed by atoms with Crippen molar-refractivity contribution in [1.82, 2.24) is 9.97 Å². The van der Waals surface area contributed by atoms with Gasteiger partial charge in [0.15, 0.2) is 5.82 Å². The molecule has 1 aliphatic carbocycles. The second kappa shape index (κ2) is 11.5. The first-order chi connectivity index (χ1) is 19.2. The molecule has 1 aliphatic heterocycles. The number of aryl methyl sites for hydroxylation is 1. The van der Waals surface area contributed by atoms with Crippen LogP contribution >= 0.6 is 0 Å². The number of rotatable bonds is 5. The average molecular weight is 549 g/mol. The van der Waals surface area contributed by atoms with E-state index in [0.29, 0.717) is 48.7 Å². The summed E-state index contributed by atoms with van der Waals surface area (Å²) in [4.78, 5) is 33.3. The maximum Gasteiger partial charge on any atom is 0.416 e. The molecule has 2 fully saturated rings. The Bertz CT molecular complexity index is 1480. The summed E-state index contributed by atoms with van der Waals surface area (Å²) in [5, 5.41) is 5.34. The molecule has 0 unspecified atom stereocenters. The van der Waals surface area contributed by atoms with Crippen molar-refractivity contribution in [2.45, 2.75) is 44.7 Å². The Kier molecular flexibility index (Phi) is 7.85. The van der Waals surface area contributed by atoms with Gasteiger partial charge in [0, 0.05) is 35.9 Å². The van der Waals surface area contributed by atoms with Crippen LogP contribution in [0.5, 0.6) is 0 Å². The summed E-state index contributed by atoms with van der Waals surface area (Å²) in [6, 6.07) is 8.61. The molecule has 2 aromatic carbocycles. The molecule has 1 aromatic heterocycles. The lowest BCUT2D eigenvalue weighted by Gasteiger charge is -2.24.